The molecule has 166 valence electrons. The van der Waals surface area contributed by atoms with E-state index in [1.807, 2.05) is 30.6 Å². The predicted molar refractivity (Wildman–Crippen MR) is 122 cm³/mol. The molecule has 2 N–H and O–H groups in total. The van der Waals surface area contributed by atoms with Gasteiger partial charge in [0, 0.05) is 18.9 Å². The van der Waals surface area contributed by atoms with E-state index in [1.165, 1.54) is 0 Å². The van der Waals surface area contributed by atoms with Gasteiger partial charge in [0.25, 0.3) is 0 Å². The summed E-state index contributed by atoms with van der Waals surface area (Å²) in [4.78, 5) is 23.3. The molecular weight excluding hydrogens is 402 g/mol. The van der Waals surface area contributed by atoms with Gasteiger partial charge in [0.15, 0.2) is 0 Å². The van der Waals surface area contributed by atoms with E-state index in [0.29, 0.717) is 12.1 Å². The maximum Gasteiger partial charge on any atom is 0.335 e. The number of aromatic nitrogens is 2. The number of benzene rings is 1. The van der Waals surface area contributed by atoms with E-state index in [0.717, 1.165) is 47.3 Å². The first-order valence-electron chi connectivity index (χ1n) is 11.0. The van der Waals surface area contributed by atoms with Crippen LogP contribution < -0.4 is 0 Å². The number of carbonyl (C=O) groups is 1. The average molecular weight is 432 g/mol. The summed E-state index contributed by atoms with van der Waals surface area (Å²) < 4.78 is 0. The Hall–Kier alpha value is -3.09. The summed E-state index contributed by atoms with van der Waals surface area (Å²) in [5.41, 5.74) is 6.21. The summed E-state index contributed by atoms with van der Waals surface area (Å²) in [6.45, 7) is 4.57. The number of pyridine rings is 2. The molecule has 1 aromatic carbocycles. The maximum atomic E-state index is 11.4. The first-order chi connectivity index (χ1) is 15.5. The standard InChI is InChI=1S/C26H29N3O3/c1-17-6-4-12-27-24(17)22-8-3-9-23(25-18(2)7-5-13-28-25)29(22)15-20-11-10-19(26(31)32)14-21(20)16-30/h4-7,10-14,22-23,30H,3,8-9,15-16H2,1-2H3,(H,31,32). The Labute approximate surface area is 188 Å². The Morgan fingerprint density at radius 3 is 2.06 bits per heavy atom. The summed E-state index contributed by atoms with van der Waals surface area (Å²) in [5.74, 6) is -0.992. The lowest BCUT2D eigenvalue weighted by Gasteiger charge is -2.43. The first kappa shape index (κ1) is 22.1. The van der Waals surface area contributed by atoms with Crippen LogP contribution in [0.3, 0.4) is 0 Å². The fourth-order valence-electron chi connectivity index (χ4n) is 4.81. The molecule has 1 aliphatic heterocycles. The van der Waals surface area contributed by atoms with E-state index in [2.05, 4.69) is 30.9 Å². The van der Waals surface area contributed by atoms with Crippen LogP contribution in [-0.4, -0.2) is 31.1 Å². The van der Waals surface area contributed by atoms with Crippen LogP contribution in [0.25, 0.3) is 0 Å². The Morgan fingerprint density at radius 2 is 1.56 bits per heavy atom. The number of aliphatic hydroxyl groups excluding tert-OH is 1. The number of carboxylic acids is 1. The topological polar surface area (TPSA) is 86.6 Å². The Bertz CT molecular complexity index is 1060. The summed E-state index contributed by atoms with van der Waals surface area (Å²) in [5, 5.41) is 19.3. The van der Waals surface area contributed by atoms with Gasteiger partial charge in [-0.2, -0.15) is 0 Å². The number of carboxylic acid groups (broad SMARTS) is 1. The molecule has 2 unspecified atom stereocenters. The number of likely N-dealkylation sites (tertiary alicyclic amines) is 1. The lowest BCUT2D eigenvalue weighted by atomic mass is 9.88. The third kappa shape index (κ3) is 4.42. The van der Waals surface area contributed by atoms with E-state index >= 15 is 0 Å². The minimum absolute atomic E-state index is 0.113. The summed E-state index contributed by atoms with van der Waals surface area (Å²) >= 11 is 0. The van der Waals surface area contributed by atoms with Crippen molar-refractivity contribution < 1.29 is 15.0 Å². The molecule has 3 aromatic rings. The van der Waals surface area contributed by atoms with E-state index < -0.39 is 5.97 Å². The van der Waals surface area contributed by atoms with Crippen molar-refractivity contribution in [3.63, 3.8) is 0 Å². The van der Waals surface area contributed by atoms with Crippen LogP contribution in [0.5, 0.6) is 0 Å². The van der Waals surface area contributed by atoms with Crippen molar-refractivity contribution in [3.05, 3.63) is 94.1 Å². The SMILES string of the molecule is Cc1cccnc1C1CCCC(c2ncccc2C)N1Cc1ccc(C(=O)O)cc1CO. The molecule has 0 radical (unpaired) electrons. The molecule has 4 rings (SSSR count). The minimum Gasteiger partial charge on any atom is -0.478 e. The van der Waals surface area contributed by atoms with E-state index in [4.69, 9.17) is 9.97 Å². The second-order valence-electron chi connectivity index (χ2n) is 8.49. The number of hydrogen-bond acceptors (Lipinski definition) is 5. The normalized spacial score (nSPS) is 19.1. The van der Waals surface area contributed by atoms with Crippen LogP contribution in [-0.2, 0) is 13.2 Å². The van der Waals surface area contributed by atoms with Crippen molar-refractivity contribution in [2.45, 2.75) is 58.3 Å². The molecule has 3 heterocycles. The molecule has 0 saturated carbocycles. The summed E-state index contributed by atoms with van der Waals surface area (Å²) in [6, 6.07) is 13.3. The number of rotatable bonds is 6. The Kier molecular flexibility index (Phi) is 6.63. The zero-order chi connectivity index (χ0) is 22.7. The van der Waals surface area contributed by atoms with Crippen molar-refractivity contribution in [1.82, 2.24) is 14.9 Å². The van der Waals surface area contributed by atoms with Crippen molar-refractivity contribution in [2.75, 3.05) is 0 Å². The van der Waals surface area contributed by atoms with Gasteiger partial charge in [-0.15, -0.1) is 0 Å². The van der Waals surface area contributed by atoms with E-state index in [9.17, 15) is 15.0 Å². The van der Waals surface area contributed by atoms with Crippen LogP contribution in [0.2, 0.25) is 0 Å². The number of nitrogens with zero attached hydrogens (tertiary/aromatic N) is 3. The molecule has 1 aliphatic rings. The van der Waals surface area contributed by atoms with Gasteiger partial charge in [0.05, 0.1) is 35.6 Å². The highest BCUT2D eigenvalue weighted by Gasteiger charge is 2.35. The summed E-state index contributed by atoms with van der Waals surface area (Å²) in [7, 11) is 0. The molecule has 6 nitrogen and oxygen atoms in total. The second kappa shape index (κ2) is 9.59. The van der Waals surface area contributed by atoms with Crippen molar-refractivity contribution in [3.8, 4) is 0 Å². The highest BCUT2D eigenvalue weighted by Crippen LogP contribution is 2.43. The molecule has 32 heavy (non-hydrogen) atoms. The van der Waals surface area contributed by atoms with Crippen molar-refractivity contribution >= 4 is 5.97 Å². The van der Waals surface area contributed by atoms with Gasteiger partial charge in [-0.1, -0.05) is 18.2 Å². The molecule has 0 spiro atoms. The quantitative estimate of drug-likeness (QED) is 0.586. The minimum atomic E-state index is -0.992. The second-order valence-corrected chi connectivity index (χ2v) is 8.49. The van der Waals surface area contributed by atoms with E-state index in [-0.39, 0.29) is 24.3 Å². The van der Waals surface area contributed by atoms with Gasteiger partial charge in [-0.25, -0.2) is 4.79 Å². The van der Waals surface area contributed by atoms with Gasteiger partial charge >= 0.3 is 5.97 Å². The molecule has 0 aliphatic carbocycles. The third-order valence-electron chi connectivity index (χ3n) is 6.46. The first-order valence-corrected chi connectivity index (χ1v) is 11.0. The molecular formula is C26H29N3O3. The fraction of sp³-hybridized carbons (Fsp3) is 0.346. The van der Waals surface area contributed by atoms with Gasteiger partial charge in [0.2, 0.25) is 0 Å². The fourth-order valence-corrected chi connectivity index (χ4v) is 4.81. The monoisotopic (exact) mass is 431 g/mol. The van der Waals surface area contributed by atoms with Crippen molar-refractivity contribution in [1.29, 1.82) is 0 Å². The molecule has 6 heteroatoms. The molecule has 0 amide bonds. The maximum absolute atomic E-state index is 11.4. The molecule has 2 atom stereocenters. The highest BCUT2D eigenvalue weighted by atomic mass is 16.4. The molecule has 1 fully saturated rings. The third-order valence-corrected chi connectivity index (χ3v) is 6.46. The molecule has 1 saturated heterocycles. The highest BCUT2D eigenvalue weighted by molar-refractivity contribution is 5.87. The predicted octanol–water partition coefficient (Wildman–Crippen LogP) is 4.75. The van der Waals surface area contributed by atoms with Crippen LogP contribution in [0.4, 0.5) is 0 Å². The number of hydrogen-bond donors (Lipinski definition) is 2. The van der Waals surface area contributed by atoms with Gasteiger partial charge < -0.3 is 10.2 Å². The zero-order valence-corrected chi connectivity index (χ0v) is 18.5. The molecule has 2 aromatic heterocycles. The number of aromatic carboxylic acids is 1. The number of aryl methyl sites for hydroxylation is 2. The van der Waals surface area contributed by atoms with Gasteiger partial charge in [0.1, 0.15) is 0 Å². The van der Waals surface area contributed by atoms with Crippen LogP contribution in [0, 0.1) is 13.8 Å². The van der Waals surface area contributed by atoms with Crippen molar-refractivity contribution in [2.24, 2.45) is 0 Å². The van der Waals surface area contributed by atoms with E-state index in [1.54, 1.807) is 12.1 Å². The smallest absolute Gasteiger partial charge is 0.335 e. The number of piperidine rings is 1. The van der Waals surface area contributed by atoms with Gasteiger partial charge in [-0.3, -0.25) is 14.9 Å². The Morgan fingerprint density at radius 1 is 0.969 bits per heavy atom. The Balaban J connectivity index is 1.79. The van der Waals surface area contributed by atoms with Crippen LogP contribution in [0.15, 0.2) is 54.9 Å². The lowest BCUT2D eigenvalue weighted by molar-refractivity contribution is 0.0669. The van der Waals surface area contributed by atoms with Gasteiger partial charge in [-0.05, 0) is 79.6 Å². The summed E-state index contributed by atoms with van der Waals surface area (Å²) in [6.07, 6.45) is 6.74. The molecule has 0 bridgehead atoms. The largest absolute Gasteiger partial charge is 0.478 e. The zero-order valence-electron chi connectivity index (χ0n) is 18.5. The number of aliphatic hydroxyl groups is 1. The van der Waals surface area contributed by atoms with Crippen LogP contribution in [0.1, 0.15) is 75.3 Å². The van der Waals surface area contributed by atoms with Crippen LogP contribution >= 0.6 is 0 Å². The lowest BCUT2D eigenvalue weighted by Crippen LogP contribution is -2.37. The average Bonchev–Trinajstić information content (AvgIpc) is 2.80.